The molecule has 0 spiro atoms. The largest absolute Gasteiger partial charge is 0.505 e. The van der Waals surface area contributed by atoms with Gasteiger partial charge < -0.3 is 15.7 Å². The Morgan fingerprint density at radius 2 is 2.29 bits per heavy atom. The first-order valence-electron chi connectivity index (χ1n) is 5.58. The lowest BCUT2D eigenvalue weighted by Crippen LogP contribution is -2.48. The summed E-state index contributed by atoms with van der Waals surface area (Å²) in [6.07, 6.45) is 0. The molecule has 1 amide bonds. The summed E-state index contributed by atoms with van der Waals surface area (Å²) in [5.74, 6) is 0.364. The number of carbonyl (C=O) groups excluding carboxylic acids is 1. The molecule has 1 aliphatic heterocycles. The molecule has 1 aromatic rings. The second kappa shape index (κ2) is 5.06. The van der Waals surface area contributed by atoms with Crippen molar-refractivity contribution in [2.24, 2.45) is 11.8 Å². The zero-order chi connectivity index (χ0) is 12.4. The molecule has 4 nitrogen and oxygen atoms in total. The number of phenols is 1. The van der Waals surface area contributed by atoms with Crippen LogP contribution >= 0.6 is 15.9 Å². The number of para-hydroxylation sites is 1. The lowest BCUT2D eigenvalue weighted by atomic mass is 9.88. The minimum Gasteiger partial charge on any atom is -0.505 e. The van der Waals surface area contributed by atoms with Gasteiger partial charge in [-0.15, -0.1) is 0 Å². The van der Waals surface area contributed by atoms with Gasteiger partial charge in [0.05, 0.1) is 10.2 Å². The Hall–Kier alpha value is -1.07. The standard InChI is InChI=1S/C12H15BrN2O2/c1-7(8-5-14-6-8)12(17)15-10-4-2-3-9(13)11(10)16/h2-4,7-8,14,16H,5-6H2,1H3,(H,15,17). The molecule has 17 heavy (non-hydrogen) atoms. The molecule has 1 aliphatic rings. The zero-order valence-electron chi connectivity index (χ0n) is 9.53. The first-order valence-corrected chi connectivity index (χ1v) is 6.38. The SMILES string of the molecule is CC(C(=O)Nc1cccc(Br)c1O)C1CNC1. The number of hydrogen-bond acceptors (Lipinski definition) is 3. The van der Waals surface area contributed by atoms with Crippen LogP contribution in [0.1, 0.15) is 6.92 Å². The van der Waals surface area contributed by atoms with Crippen LogP contribution in [0.2, 0.25) is 0 Å². The van der Waals surface area contributed by atoms with Crippen LogP contribution in [0.3, 0.4) is 0 Å². The lowest BCUT2D eigenvalue weighted by Gasteiger charge is -2.31. The molecule has 1 aromatic carbocycles. The van der Waals surface area contributed by atoms with Crippen LogP contribution < -0.4 is 10.6 Å². The van der Waals surface area contributed by atoms with Gasteiger partial charge in [-0.05, 0) is 47.1 Å². The summed E-state index contributed by atoms with van der Waals surface area (Å²) < 4.78 is 0.577. The van der Waals surface area contributed by atoms with Crippen molar-refractivity contribution < 1.29 is 9.90 Å². The van der Waals surface area contributed by atoms with Crippen LogP contribution in [0.4, 0.5) is 5.69 Å². The van der Waals surface area contributed by atoms with Gasteiger partial charge in [-0.1, -0.05) is 13.0 Å². The summed E-state index contributed by atoms with van der Waals surface area (Å²) in [4.78, 5) is 11.9. The summed E-state index contributed by atoms with van der Waals surface area (Å²) >= 11 is 3.22. The van der Waals surface area contributed by atoms with Crippen molar-refractivity contribution in [1.82, 2.24) is 5.32 Å². The Balaban J connectivity index is 2.04. The number of rotatable bonds is 3. The van der Waals surface area contributed by atoms with Crippen LogP contribution in [0.15, 0.2) is 22.7 Å². The van der Waals surface area contributed by atoms with E-state index in [0.717, 1.165) is 13.1 Å². The van der Waals surface area contributed by atoms with Crippen molar-refractivity contribution in [3.05, 3.63) is 22.7 Å². The van der Waals surface area contributed by atoms with E-state index >= 15 is 0 Å². The molecule has 1 atom stereocenters. The maximum atomic E-state index is 11.9. The maximum Gasteiger partial charge on any atom is 0.227 e. The first kappa shape index (κ1) is 12.4. The molecule has 0 aromatic heterocycles. The number of aromatic hydroxyl groups is 1. The van der Waals surface area contributed by atoms with Crippen LogP contribution in [0.25, 0.3) is 0 Å². The third-order valence-corrected chi connectivity index (χ3v) is 3.82. The number of nitrogens with one attached hydrogen (secondary N) is 2. The molecule has 0 aliphatic carbocycles. The number of benzene rings is 1. The summed E-state index contributed by atoms with van der Waals surface area (Å²) in [5.41, 5.74) is 0.448. The average Bonchev–Trinajstić information content (AvgIpc) is 2.22. The third-order valence-electron chi connectivity index (χ3n) is 3.18. The van der Waals surface area contributed by atoms with Crippen LogP contribution in [0, 0.1) is 11.8 Å². The monoisotopic (exact) mass is 298 g/mol. The van der Waals surface area contributed by atoms with Gasteiger partial charge in [0.15, 0.2) is 5.75 Å². The summed E-state index contributed by atoms with van der Waals surface area (Å²) in [5, 5.41) is 15.7. The molecular formula is C12H15BrN2O2. The quantitative estimate of drug-likeness (QED) is 0.748. The van der Waals surface area contributed by atoms with Gasteiger partial charge in [-0.25, -0.2) is 0 Å². The molecule has 1 heterocycles. The van der Waals surface area contributed by atoms with Crippen LogP contribution in [0.5, 0.6) is 5.75 Å². The number of halogens is 1. The Labute approximate surface area is 109 Å². The summed E-state index contributed by atoms with van der Waals surface area (Å²) in [6.45, 7) is 3.69. The van der Waals surface area contributed by atoms with E-state index in [9.17, 15) is 9.90 Å². The number of anilines is 1. The molecular weight excluding hydrogens is 284 g/mol. The molecule has 0 bridgehead atoms. The topological polar surface area (TPSA) is 61.4 Å². The van der Waals surface area contributed by atoms with Crippen molar-refractivity contribution in [2.45, 2.75) is 6.92 Å². The third kappa shape index (κ3) is 2.61. The van der Waals surface area contributed by atoms with Gasteiger partial charge in [0.1, 0.15) is 0 Å². The Kier molecular flexibility index (Phi) is 3.69. The molecule has 92 valence electrons. The van der Waals surface area contributed by atoms with E-state index in [-0.39, 0.29) is 17.6 Å². The molecule has 3 N–H and O–H groups in total. The predicted octanol–water partition coefficient (Wildman–Crippen LogP) is 1.95. The number of amides is 1. The van der Waals surface area contributed by atoms with E-state index in [2.05, 4.69) is 26.6 Å². The minimum atomic E-state index is -0.0510. The van der Waals surface area contributed by atoms with Crippen molar-refractivity contribution in [1.29, 1.82) is 0 Å². The summed E-state index contributed by atoms with van der Waals surface area (Å²) in [7, 11) is 0. The van der Waals surface area contributed by atoms with Gasteiger partial charge in [0.2, 0.25) is 5.91 Å². The normalized spacial score (nSPS) is 17.3. The number of hydrogen-bond donors (Lipinski definition) is 3. The fraction of sp³-hybridized carbons (Fsp3) is 0.417. The summed E-state index contributed by atoms with van der Waals surface area (Å²) in [6, 6.07) is 5.18. The van der Waals surface area contributed by atoms with Crippen molar-refractivity contribution in [3.8, 4) is 5.75 Å². The predicted molar refractivity (Wildman–Crippen MR) is 70.0 cm³/mol. The van der Waals surface area contributed by atoms with E-state index in [4.69, 9.17) is 0 Å². The average molecular weight is 299 g/mol. The highest BCUT2D eigenvalue weighted by atomic mass is 79.9. The minimum absolute atomic E-state index is 0.0466. The van der Waals surface area contributed by atoms with Gasteiger partial charge in [-0.2, -0.15) is 0 Å². The van der Waals surface area contributed by atoms with Crippen LogP contribution in [-0.2, 0) is 4.79 Å². The number of carbonyl (C=O) groups is 1. The molecule has 1 fully saturated rings. The van der Waals surface area contributed by atoms with Gasteiger partial charge in [0, 0.05) is 5.92 Å². The van der Waals surface area contributed by atoms with Crippen molar-refractivity contribution in [3.63, 3.8) is 0 Å². The fourth-order valence-corrected chi connectivity index (χ4v) is 2.11. The highest BCUT2D eigenvalue weighted by Crippen LogP contribution is 2.32. The first-order chi connectivity index (χ1) is 8.09. The number of phenolic OH excluding ortho intramolecular Hbond substituents is 1. The van der Waals surface area contributed by atoms with Gasteiger partial charge in [0.25, 0.3) is 0 Å². The Morgan fingerprint density at radius 1 is 1.59 bits per heavy atom. The fourth-order valence-electron chi connectivity index (χ4n) is 1.74. The van der Waals surface area contributed by atoms with E-state index in [0.29, 0.717) is 16.1 Å². The lowest BCUT2D eigenvalue weighted by molar-refractivity contribution is -0.121. The van der Waals surface area contributed by atoms with Crippen LogP contribution in [-0.4, -0.2) is 24.1 Å². The second-order valence-electron chi connectivity index (χ2n) is 4.33. The Morgan fingerprint density at radius 3 is 2.88 bits per heavy atom. The van der Waals surface area contributed by atoms with Gasteiger partial charge >= 0.3 is 0 Å². The molecule has 5 heteroatoms. The second-order valence-corrected chi connectivity index (χ2v) is 5.19. The van der Waals surface area contributed by atoms with E-state index < -0.39 is 0 Å². The van der Waals surface area contributed by atoms with E-state index in [1.807, 2.05) is 6.92 Å². The van der Waals surface area contributed by atoms with E-state index in [1.54, 1.807) is 18.2 Å². The molecule has 0 saturated carbocycles. The van der Waals surface area contributed by atoms with E-state index in [1.165, 1.54) is 0 Å². The Bertz CT molecular complexity index is 433. The smallest absolute Gasteiger partial charge is 0.227 e. The molecule has 1 unspecified atom stereocenters. The van der Waals surface area contributed by atoms with Gasteiger partial charge in [-0.3, -0.25) is 4.79 Å². The van der Waals surface area contributed by atoms with Crippen molar-refractivity contribution in [2.75, 3.05) is 18.4 Å². The highest BCUT2D eigenvalue weighted by molar-refractivity contribution is 9.10. The maximum absolute atomic E-state index is 11.9. The molecule has 0 radical (unpaired) electrons. The van der Waals surface area contributed by atoms with Crippen molar-refractivity contribution >= 4 is 27.5 Å². The molecule has 2 rings (SSSR count). The highest BCUT2D eigenvalue weighted by Gasteiger charge is 2.29. The molecule has 1 saturated heterocycles. The zero-order valence-corrected chi connectivity index (χ0v) is 11.1.